The smallest absolute Gasteiger partial charge is 0.0672 e. The second-order valence-electron chi connectivity index (χ2n) is 7.00. The van der Waals surface area contributed by atoms with Gasteiger partial charge in [-0.3, -0.25) is 4.90 Å². The number of nitrogens with zero attached hydrogens (tertiary/aromatic N) is 2. The van der Waals surface area contributed by atoms with Crippen molar-refractivity contribution in [3.8, 4) is 6.07 Å². The molecule has 0 aromatic rings. The highest BCUT2D eigenvalue weighted by atomic mass is 15.2. The summed E-state index contributed by atoms with van der Waals surface area (Å²) < 4.78 is 0. The molecule has 0 N–H and O–H groups in total. The highest BCUT2D eigenvalue weighted by molar-refractivity contribution is 4.99. The van der Waals surface area contributed by atoms with E-state index >= 15 is 0 Å². The second kappa shape index (κ2) is 6.75. The van der Waals surface area contributed by atoms with Crippen LogP contribution in [-0.2, 0) is 0 Å². The summed E-state index contributed by atoms with van der Waals surface area (Å²) in [7, 11) is 0. The maximum absolute atomic E-state index is 9.48. The zero-order valence-electron chi connectivity index (χ0n) is 12.9. The van der Waals surface area contributed by atoms with Gasteiger partial charge in [0.1, 0.15) is 0 Å². The molecule has 2 saturated carbocycles. The van der Waals surface area contributed by atoms with Crippen LogP contribution in [0.25, 0.3) is 0 Å². The number of hydrogen-bond donors (Lipinski definition) is 0. The summed E-state index contributed by atoms with van der Waals surface area (Å²) in [5.41, 5.74) is 0. The van der Waals surface area contributed by atoms with Crippen LogP contribution in [-0.4, -0.2) is 23.5 Å². The maximum atomic E-state index is 9.48. The van der Waals surface area contributed by atoms with Crippen molar-refractivity contribution in [2.75, 3.05) is 6.54 Å². The quantitative estimate of drug-likeness (QED) is 0.717. The molecule has 2 aliphatic carbocycles. The van der Waals surface area contributed by atoms with Crippen molar-refractivity contribution >= 4 is 0 Å². The Labute approximate surface area is 119 Å². The number of rotatable bonds is 6. The van der Waals surface area contributed by atoms with Gasteiger partial charge in [-0.15, -0.1) is 0 Å². The van der Waals surface area contributed by atoms with Crippen molar-refractivity contribution in [2.24, 2.45) is 17.8 Å². The van der Waals surface area contributed by atoms with E-state index in [9.17, 15) is 5.26 Å². The summed E-state index contributed by atoms with van der Waals surface area (Å²) in [6.45, 7) is 8.13. The highest BCUT2D eigenvalue weighted by Gasteiger charge is 2.37. The number of hydrogen-bond acceptors (Lipinski definition) is 2. The molecule has 0 radical (unpaired) electrons. The van der Waals surface area contributed by atoms with Crippen LogP contribution in [0.1, 0.15) is 65.7 Å². The van der Waals surface area contributed by atoms with Crippen LogP contribution in [0.4, 0.5) is 0 Å². The van der Waals surface area contributed by atoms with Crippen LogP contribution < -0.4 is 0 Å². The fourth-order valence-corrected chi connectivity index (χ4v) is 3.75. The largest absolute Gasteiger partial charge is 0.296 e. The molecule has 0 heterocycles. The van der Waals surface area contributed by atoms with Crippen molar-refractivity contribution in [1.82, 2.24) is 4.90 Å². The van der Waals surface area contributed by atoms with Crippen molar-refractivity contribution in [3.05, 3.63) is 0 Å². The fourth-order valence-electron chi connectivity index (χ4n) is 3.75. The predicted molar refractivity (Wildman–Crippen MR) is 79.7 cm³/mol. The lowest BCUT2D eigenvalue weighted by molar-refractivity contribution is 0.0676. The van der Waals surface area contributed by atoms with Gasteiger partial charge in [0.25, 0.3) is 0 Å². The van der Waals surface area contributed by atoms with Gasteiger partial charge in [-0.2, -0.15) is 5.26 Å². The van der Waals surface area contributed by atoms with Gasteiger partial charge in [-0.25, -0.2) is 0 Å². The molecule has 3 unspecified atom stereocenters. The Bertz CT molecular complexity index is 314. The molecule has 0 aromatic heterocycles. The standard InChI is InChI=1S/C17H30N2/c1-4-5-14-8-9-16(11-18)17(10-14)19(13(2)3)12-15-6-7-15/h13-17H,4-10,12H2,1-3H3. The predicted octanol–water partition coefficient (Wildman–Crippen LogP) is 4.22. The molecule has 2 rings (SSSR count). The van der Waals surface area contributed by atoms with Crippen LogP contribution in [0.3, 0.4) is 0 Å². The molecule has 108 valence electrons. The monoisotopic (exact) mass is 262 g/mol. The number of nitriles is 1. The molecule has 2 fully saturated rings. The average molecular weight is 262 g/mol. The molecule has 3 atom stereocenters. The van der Waals surface area contributed by atoms with E-state index in [0.717, 1.165) is 18.3 Å². The van der Waals surface area contributed by atoms with E-state index < -0.39 is 0 Å². The zero-order chi connectivity index (χ0) is 13.8. The van der Waals surface area contributed by atoms with Crippen molar-refractivity contribution in [2.45, 2.75) is 77.8 Å². The molecule has 2 heteroatoms. The van der Waals surface area contributed by atoms with Crippen LogP contribution in [0.5, 0.6) is 0 Å². The Morgan fingerprint density at radius 1 is 1.16 bits per heavy atom. The average Bonchev–Trinajstić information content (AvgIpc) is 3.20. The van der Waals surface area contributed by atoms with Gasteiger partial charge in [0.15, 0.2) is 0 Å². The first kappa shape index (κ1) is 14.9. The molecule has 2 nitrogen and oxygen atoms in total. The van der Waals surface area contributed by atoms with E-state index in [2.05, 4.69) is 31.7 Å². The molecular formula is C17H30N2. The summed E-state index contributed by atoms with van der Waals surface area (Å²) in [4.78, 5) is 2.66. The molecule has 0 amide bonds. The molecule has 19 heavy (non-hydrogen) atoms. The fraction of sp³-hybridized carbons (Fsp3) is 0.941. The molecule has 0 aromatic carbocycles. The first-order chi connectivity index (χ1) is 9.15. The first-order valence-electron chi connectivity index (χ1n) is 8.31. The summed E-state index contributed by atoms with van der Waals surface area (Å²) in [6.07, 6.45) is 9.12. The SMILES string of the molecule is CCCC1CCC(C#N)C(N(CC2CC2)C(C)C)C1. The van der Waals surface area contributed by atoms with Gasteiger partial charge in [0.05, 0.1) is 12.0 Å². The second-order valence-corrected chi connectivity index (χ2v) is 7.00. The van der Waals surface area contributed by atoms with E-state index in [0.29, 0.717) is 12.1 Å². The first-order valence-corrected chi connectivity index (χ1v) is 8.31. The lowest BCUT2D eigenvalue weighted by atomic mass is 9.76. The van der Waals surface area contributed by atoms with E-state index in [1.807, 2.05) is 0 Å². The third kappa shape index (κ3) is 3.96. The Balaban J connectivity index is 2.03. The molecule has 0 bridgehead atoms. The lowest BCUT2D eigenvalue weighted by Gasteiger charge is -2.42. The van der Waals surface area contributed by atoms with Gasteiger partial charge < -0.3 is 0 Å². The van der Waals surface area contributed by atoms with E-state index in [1.165, 1.54) is 45.1 Å². The van der Waals surface area contributed by atoms with Crippen molar-refractivity contribution < 1.29 is 0 Å². The summed E-state index contributed by atoms with van der Waals surface area (Å²) in [6, 6.07) is 3.71. The Kier molecular flexibility index (Phi) is 5.28. The summed E-state index contributed by atoms with van der Waals surface area (Å²) >= 11 is 0. The molecule has 0 aliphatic heterocycles. The Morgan fingerprint density at radius 2 is 1.84 bits per heavy atom. The van der Waals surface area contributed by atoms with Gasteiger partial charge in [0.2, 0.25) is 0 Å². The van der Waals surface area contributed by atoms with Gasteiger partial charge in [-0.1, -0.05) is 19.8 Å². The zero-order valence-corrected chi connectivity index (χ0v) is 12.9. The van der Waals surface area contributed by atoms with Crippen LogP contribution >= 0.6 is 0 Å². The van der Waals surface area contributed by atoms with Gasteiger partial charge in [0, 0.05) is 18.6 Å². The molecule has 2 aliphatic rings. The topological polar surface area (TPSA) is 27.0 Å². The van der Waals surface area contributed by atoms with Crippen LogP contribution in [0.15, 0.2) is 0 Å². The third-order valence-corrected chi connectivity index (χ3v) is 5.04. The summed E-state index contributed by atoms with van der Waals surface area (Å²) in [5.74, 6) is 2.06. The lowest BCUT2D eigenvalue weighted by Crippen LogP contribution is -2.48. The highest BCUT2D eigenvalue weighted by Crippen LogP contribution is 2.38. The van der Waals surface area contributed by atoms with Gasteiger partial charge in [-0.05, 0) is 57.8 Å². The minimum Gasteiger partial charge on any atom is -0.296 e. The third-order valence-electron chi connectivity index (χ3n) is 5.04. The van der Waals surface area contributed by atoms with Crippen molar-refractivity contribution in [3.63, 3.8) is 0 Å². The van der Waals surface area contributed by atoms with Gasteiger partial charge >= 0.3 is 0 Å². The minimum atomic E-state index is 0.272. The molecular weight excluding hydrogens is 232 g/mol. The van der Waals surface area contributed by atoms with E-state index in [1.54, 1.807) is 0 Å². The van der Waals surface area contributed by atoms with Crippen LogP contribution in [0, 0.1) is 29.1 Å². The van der Waals surface area contributed by atoms with E-state index in [4.69, 9.17) is 0 Å². The molecule has 0 spiro atoms. The Morgan fingerprint density at radius 3 is 2.37 bits per heavy atom. The Hall–Kier alpha value is -0.550. The maximum Gasteiger partial charge on any atom is 0.0672 e. The summed E-state index contributed by atoms with van der Waals surface area (Å²) in [5, 5.41) is 9.48. The normalized spacial score (nSPS) is 31.7. The van der Waals surface area contributed by atoms with Crippen LogP contribution in [0.2, 0.25) is 0 Å². The minimum absolute atomic E-state index is 0.272. The van der Waals surface area contributed by atoms with Crippen molar-refractivity contribution in [1.29, 1.82) is 5.26 Å². The molecule has 0 saturated heterocycles. The van der Waals surface area contributed by atoms with E-state index in [-0.39, 0.29) is 5.92 Å².